The van der Waals surface area contributed by atoms with Gasteiger partial charge in [0.15, 0.2) is 0 Å². The lowest BCUT2D eigenvalue weighted by Crippen LogP contribution is -2.53. The predicted octanol–water partition coefficient (Wildman–Crippen LogP) is 2.80. The first-order valence-corrected chi connectivity index (χ1v) is 12.1. The van der Waals surface area contributed by atoms with Gasteiger partial charge in [0.1, 0.15) is 24.7 Å². The highest BCUT2D eigenvalue weighted by Crippen LogP contribution is 2.25. The van der Waals surface area contributed by atoms with Crippen molar-refractivity contribution in [3.63, 3.8) is 0 Å². The van der Waals surface area contributed by atoms with Crippen molar-refractivity contribution in [2.24, 2.45) is 5.92 Å². The third-order valence-corrected chi connectivity index (χ3v) is 6.72. The lowest BCUT2D eigenvalue weighted by Gasteiger charge is -2.34. The summed E-state index contributed by atoms with van der Waals surface area (Å²) in [5.41, 5.74) is 2.04. The number of imidazole rings is 1. The Kier molecular flexibility index (Phi) is 6.65. The van der Waals surface area contributed by atoms with Crippen LogP contribution in [0.4, 0.5) is 4.79 Å². The van der Waals surface area contributed by atoms with Gasteiger partial charge in [0.2, 0.25) is 11.8 Å². The van der Waals surface area contributed by atoms with Crippen molar-refractivity contribution in [1.82, 2.24) is 24.7 Å². The van der Waals surface area contributed by atoms with Crippen LogP contribution in [0.3, 0.4) is 0 Å². The molecule has 3 aromatic rings. The van der Waals surface area contributed by atoms with Gasteiger partial charge < -0.3 is 19.1 Å². The monoisotopic (exact) mass is 475 g/mol. The molecule has 0 bridgehead atoms. The number of likely N-dealkylation sites (tertiary alicyclic amines) is 1. The van der Waals surface area contributed by atoms with Gasteiger partial charge in [0.25, 0.3) is 0 Å². The van der Waals surface area contributed by atoms with E-state index in [2.05, 4.69) is 16.0 Å². The van der Waals surface area contributed by atoms with E-state index in [1.807, 2.05) is 53.4 Å². The van der Waals surface area contributed by atoms with E-state index in [0.29, 0.717) is 25.6 Å². The summed E-state index contributed by atoms with van der Waals surface area (Å²) < 4.78 is 8.24. The number of piperidine rings is 1. The molecule has 1 N–H and O–H groups in total. The van der Waals surface area contributed by atoms with Crippen molar-refractivity contribution in [2.75, 3.05) is 26.2 Å². The molecule has 4 amide bonds. The quantitative estimate of drug-likeness (QED) is 0.567. The first kappa shape index (κ1) is 22.9. The van der Waals surface area contributed by atoms with Crippen molar-refractivity contribution >= 4 is 28.9 Å². The van der Waals surface area contributed by atoms with Crippen LogP contribution in [-0.4, -0.2) is 63.4 Å². The molecule has 2 aromatic carbocycles. The molecule has 2 saturated heterocycles. The van der Waals surface area contributed by atoms with Gasteiger partial charge in [-0.2, -0.15) is 0 Å². The molecule has 0 unspecified atom stereocenters. The second kappa shape index (κ2) is 10.2. The second-order valence-electron chi connectivity index (χ2n) is 9.08. The van der Waals surface area contributed by atoms with E-state index in [4.69, 9.17) is 9.72 Å². The molecule has 1 aromatic heterocycles. The number of benzene rings is 2. The Hall–Kier alpha value is -3.88. The van der Waals surface area contributed by atoms with E-state index in [0.717, 1.165) is 42.0 Å². The van der Waals surface area contributed by atoms with Crippen LogP contribution < -0.4 is 10.1 Å². The summed E-state index contributed by atoms with van der Waals surface area (Å²) in [6.45, 7) is 2.80. The third-order valence-electron chi connectivity index (χ3n) is 6.72. The minimum absolute atomic E-state index is 0.0108. The second-order valence-corrected chi connectivity index (χ2v) is 9.08. The van der Waals surface area contributed by atoms with Gasteiger partial charge in [0, 0.05) is 32.6 Å². The number of ether oxygens (including phenoxy) is 1. The molecule has 0 atom stereocenters. The Morgan fingerprint density at radius 1 is 1.00 bits per heavy atom. The third kappa shape index (κ3) is 5.29. The molecular formula is C26H29N5O4. The highest BCUT2D eigenvalue weighted by Gasteiger charge is 2.29. The SMILES string of the molecule is O=C1CCN(CC(=O)N2CCC(Cn3c(COc4ccccc4)nc4ccccc43)CC2)C(=O)N1. The average Bonchev–Trinajstić information content (AvgIpc) is 3.22. The molecular weight excluding hydrogens is 446 g/mol. The molecule has 5 rings (SSSR count). The van der Waals surface area contributed by atoms with E-state index >= 15 is 0 Å². The first-order chi connectivity index (χ1) is 17.1. The standard InChI is InChI=1S/C26H29N5O4/c32-24-12-15-30(26(34)28-24)17-25(33)29-13-10-19(11-14-29)16-31-22-9-5-4-8-21(22)27-23(31)18-35-20-6-2-1-3-7-20/h1-9,19H,10-18H2,(H,28,32,34). The van der Waals surface area contributed by atoms with E-state index in [-0.39, 0.29) is 31.3 Å². The Balaban J connectivity index is 1.20. The average molecular weight is 476 g/mol. The Bertz CT molecular complexity index is 1220. The lowest BCUT2D eigenvalue weighted by molar-refractivity contribution is -0.134. The summed E-state index contributed by atoms with van der Waals surface area (Å²) in [5.74, 6) is 1.74. The topological polar surface area (TPSA) is 96.8 Å². The zero-order valence-corrected chi connectivity index (χ0v) is 19.6. The number of nitrogens with zero attached hydrogens (tertiary/aromatic N) is 4. The van der Waals surface area contributed by atoms with E-state index < -0.39 is 6.03 Å². The molecule has 2 fully saturated rings. The van der Waals surface area contributed by atoms with Crippen molar-refractivity contribution in [3.05, 3.63) is 60.4 Å². The van der Waals surface area contributed by atoms with Gasteiger partial charge in [-0.3, -0.25) is 14.9 Å². The maximum absolute atomic E-state index is 12.8. The zero-order chi connectivity index (χ0) is 24.2. The minimum atomic E-state index is -0.485. The van der Waals surface area contributed by atoms with Crippen LogP contribution in [0, 0.1) is 5.92 Å². The summed E-state index contributed by atoms with van der Waals surface area (Å²) in [6, 6.07) is 17.4. The van der Waals surface area contributed by atoms with Gasteiger partial charge in [-0.05, 0) is 43.0 Å². The number of para-hydroxylation sites is 3. The normalized spacial score (nSPS) is 17.0. The largest absolute Gasteiger partial charge is 0.486 e. The molecule has 182 valence electrons. The van der Waals surface area contributed by atoms with E-state index in [1.165, 1.54) is 4.90 Å². The maximum Gasteiger partial charge on any atom is 0.324 e. The van der Waals surface area contributed by atoms with Crippen LogP contribution in [0.5, 0.6) is 5.75 Å². The number of fused-ring (bicyclic) bond motifs is 1. The number of amides is 4. The van der Waals surface area contributed by atoms with Crippen molar-refractivity contribution in [3.8, 4) is 5.75 Å². The molecule has 0 radical (unpaired) electrons. The summed E-state index contributed by atoms with van der Waals surface area (Å²) in [7, 11) is 0. The Morgan fingerprint density at radius 2 is 1.74 bits per heavy atom. The summed E-state index contributed by atoms with van der Waals surface area (Å²) in [6.07, 6.45) is 1.99. The number of carbonyl (C=O) groups excluding carboxylic acids is 3. The number of nitrogens with one attached hydrogen (secondary N) is 1. The molecule has 35 heavy (non-hydrogen) atoms. The van der Waals surface area contributed by atoms with Gasteiger partial charge in [-0.15, -0.1) is 0 Å². The summed E-state index contributed by atoms with van der Waals surface area (Å²) >= 11 is 0. The highest BCUT2D eigenvalue weighted by atomic mass is 16.5. The smallest absolute Gasteiger partial charge is 0.324 e. The Morgan fingerprint density at radius 3 is 2.51 bits per heavy atom. The molecule has 0 spiro atoms. The van der Waals surface area contributed by atoms with Crippen LogP contribution in [0.15, 0.2) is 54.6 Å². The van der Waals surface area contributed by atoms with Crippen LogP contribution in [0.2, 0.25) is 0 Å². The zero-order valence-electron chi connectivity index (χ0n) is 19.6. The fourth-order valence-corrected chi connectivity index (χ4v) is 4.74. The van der Waals surface area contributed by atoms with Gasteiger partial charge in [-0.25, -0.2) is 9.78 Å². The lowest BCUT2D eigenvalue weighted by atomic mass is 9.96. The first-order valence-electron chi connectivity index (χ1n) is 12.1. The summed E-state index contributed by atoms with van der Waals surface area (Å²) in [5, 5.41) is 2.27. The molecule has 3 heterocycles. The van der Waals surface area contributed by atoms with E-state index in [9.17, 15) is 14.4 Å². The fourth-order valence-electron chi connectivity index (χ4n) is 4.74. The maximum atomic E-state index is 12.8. The summed E-state index contributed by atoms with van der Waals surface area (Å²) in [4.78, 5) is 44.1. The predicted molar refractivity (Wildman–Crippen MR) is 130 cm³/mol. The minimum Gasteiger partial charge on any atom is -0.486 e. The number of urea groups is 1. The molecule has 2 aliphatic heterocycles. The number of imide groups is 1. The number of rotatable bonds is 7. The number of hydrogen-bond acceptors (Lipinski definition) is 5. The molecule has 9 heteroatoms. The molecule has 0 aliphatic carbocycles. The van der Waals surface area contributed by atoms with Gasteiger partial charge in [-0.1, -0.05) is 30.3 Å². The van der Waals surface area contributed by atoms with Crippen LogP contribution in [0.1, 0.15) is 25.1 Å². The van der Waals surface area contributed by atoms with Crippen LogP contribution in [0.25, 0.3) is 11.0 Å². The Labute approximate surface area is 203 Å². The van der Waals surface area contributed by atoms with Crippen LogP contribution >= 0.6 is 0 Å². The van der Waals surface area contributed by atoms with Crippen molar-refractivity contribution in [2.45, 2.75) is 32.4 Å². The van der Waals surface area contributed by atoms with Crippen molar-refractivity contribution in [1.29, 1.82) is 0 Å². The number of hydrogen-bond donors (Lipinski definition) is 1. The van der Waals surface area contributed by atoms with Crippen LogP contribution in [-0.2, 0) is 22.7 Å². The number of carbonyl (C=O) groups is 3. The molecule has 2 aliphatic rings. The van der Waals surface area contributed by atoms with Gasteiger partial charge in [0.05, 0.1) is 11.0 Å². The van der Waals surface area contributed by atoms with Gasteiger partial charge >= 0.3 is 6.03 Å². The molecule has 9 nitrogen and oxygen atoms in total. The molecule has 0 saturated carbocycles. The highest BCUT2D eigenvalue weighted by molar-refractivity contribution is 5.98. The van der Waals surface area contributed by atoms with Crippen molar-refractivity contribution < 1.29 is 19.1 Å². The fraction of sp³-hybridized carbons (Fsp3) is 0.385. The van der Waals surface area contributed by atoms with E-state index in [1.54, 1.807) is 0 Å². The number of aromatic nitrogens is 2.